The lowest BCUT2D eigenvalue weighted by atomic mass is 10.2. The number of nitrogens with one attached hydrogen (secondary N) is 1. The van der Waals surface area contributed by atoms with E-state index in [1.807, 2.05) is 25.3 Å². The zero-order chi connectivity index (χ0) is 17.9. The van der Waals surface area contributed by atoms with Crippen molar-refractivity contribution < 1.29 is 19.1 Å². The van der Waals surface area contributed by atoms with Crippen molar-refractivity contribution in [2.24, 2.45) is 5.73 Å². The molecule has 0 aliphatic heterocycles. The first-order valence-electron chi connectivity index (χ1n) is 7.36. The number of nitrogens with zero attached hydrogens (tertiary/aromatic N) is 1. The van der Waals surface area contributed by atoms with Crippen LogP contribution in [-0.2, 0) is 16.1 Å². The Kier molecular flexibility index (Phi) is 5.40. The number of hydrogen-bond acceptors (Lipinski definition) is 5. The highest BCUT2D eigenvalue weighted by molar-refractivity contribution is 7.14. The van der Waals surface area contributed by atoms with E-state index in [1.165, 1.54) is 17.4 Å². The topological polar surface area (TPSA) is 103 Å². The number of carbonyl (C=O) groups is 3. The Hall–Kier alpha value is -2.61. The lowest BCUT2D eigenvalue weighted by Crippen LogP contribution is -2.22. The Morgan fingerprint density at radius 1 is 1.29 bits per heavy atom. The van der Waals surface area contributed by atoms with Gasteiger partial charge in [-0.15, -0.1) is 11.3 Å². The summed E-state index contributed by atoms with van der Waals surface area (Å²) in [7, 11) is 0. The van der Waals surface area contributed by atoms with Crippen LogP contribution in [0, 0.1) is 13.8 Å². The Morgan fingerprint density at radius 3 is 2.58 bits per heavy atom. The van der Waals surface area contributed by atoms with Gasteiger partial charge in [0.05, 0.1) is 11.1 Å². The molecule has 0 spiro atoms. The van der Waals surface area contributed by atoms with Crippen molar-refractivity contribution in [1.29, 1.82) is 0 Å². The van der Waals surface area contributed by atoms with Crippen molar-refractivity contribution in [1.82, 2.24) is 4.57 Å². The van der Waals surface area contributed by atoms with Gasteiger partial charge in [0, 0.05) is 17.9 Å². The number of primary amides is 1. The molecule has 2 rings (SSSR count). The molecule has 0 aliphatic rings. The number of esters is 1. The smallest absolute Gasteiger partial charge is 0.340 e. The molecule has 2 aromatic heterocycles. The van der Waals surface area contributed by atoms with Crippen molar-refractivity contribution >= 4 is 34.1 Å². The van der Waals surface area contributed by atoms with Crippen molar-refractivity contribution in [3.05, 3.63) is 40.0 Å². The molecule has 0 saturated carbocycles. The second-order valence-electron chi connectivity index (χ2n) is 5.18. The summed E-state index contributed by atoms with van der Waals surface area (Å²) in [5.41, 5.74) is 7.63. The van der Waals surface area contributed by atoms with E-state index in [-0.39, 0.29) is 5.56 Å². The summed E-state index contributed by atoms with van der Waals surface area (Å²) in [6.07, 6.45) is 0. The highest BCUT2D eigenvalue weighted by Crippen LogP contribution is 2.22. The van der Waals surface area contributed by atoms with Crippen LogP contribution in [0.2, 0.25) is 0 Å². The van der Waals surface area contributed by atoms with Crippen LogP contribution in [0.4, 0.5) is 5.00 Å². The summed E-state index contributed by atoms with van der Waals surface area (Å²) >= 11 is 1.17. The van der Waals surface area contributed by atoms with Gasteiger partial charge in [0.25, 0.3) is 11.8 Å². The van der Waals surface area contributed by atoms with Gasteiger partial charge in [-0.3, -0.25) is 9.59 Å². The predicted octanol–water partition coefficient (Wildman–Crippen LogP) is 2.08. The molecule has 7 nitrogen and oxygen atoms in total. The first kappa shape index (κ1) is 17.7. The Balaban J connectivity index is 1.98. The lowest BCUT2D eigenvalue weighted by molar-refractivity contribution is -0.119. The van der Waals surface area contributed by atoms with Crippen molar-refractivity contribution in [3.63, 3.8) is 0 Å². The maximum absolute atomic E-state index is 12.1. The van der Waals surface area contributed by atoms with E-state index in [4.69, 9.17) is 10.5 Å². The molecule has 0 aliphatic carbocycles. The molecule has 0 fully saturated rings. The summed E-state index contributed by atoms with van der Waals surface area (Å²) in [6, 6.07) is 3.26. The fourth-order valence-electron chi connectivity index (χ4n) is 2.47. The number of carbonyl (C=O) groups excluding carboxylic acids is 3. The number of aryl methyl sites for hydroxylation is 1. The SMILES string of the molecule is CCn1c(C)cc(C(=O)OCC(=O)Nc2sccc2C(N)=O)c1C. The molecule has 0 unspecified atom stereocenters. The molecular formula is C16H19N3O4S. The normalized spacial score (nSPS) is 10.5. The summed E-state index contributed by atoms with van der Waals surface area (Å²) in [5.74, 6) is -1.72. The third-order valence-electron chi connectivity index (χ3n) is 3.63. The number of hydrogen-bond donors (Lipinski definition) is 2. The average molecular weight is 349 g/mol. The van der Waals surface area contributed by atoms with Crippen LogP contribution in [0.15, 0.2) is 17.5 Å². The minimum atomic E-state index is -0.629. The third kappa shape index (κ3) is 3.65. The Morgan fingerprint density at radius 2 is 2.00 bits per heavy atom. The summed E-state index contributed by atoms with van der Waals surface area (Å²) in [4.78, 5) is 35.2. The van der Waals surface area contributed by atoms with Crippen LogP contribution in [0.25, 0.3) is 0 Å². The van der Waals surface area contributed by atoms with E-state index in [0.29, 0.717) is 10.6 Å². The molecule has 0 aromatic carbocycles. The van der Waals surface area contributed by atoms with Crippen molar-refractivity contribution in [2.75, 3.05) is 11.9 Å². The number of anilines is 1. The maximum atomic E-state index is 12.1. The fourth-order valence-corrected chi connectivity index (χ4v) is 3.27. The molecule has 0 atom stereocenters. The van der Waals surface area contributed by atoms with Crippen molar-refractivity contribution in [2.45, 2.75) is 27.3 Å². The summed E-state index contributed by atoms with van der Waals surface area (Å²) in [5, 5.41) is 4.50. The Bertz CT molecular complexity index is 791. The molecule has 2 aromatic rings. The fraction of sp³-hybridized carbons (Fsp3) is 0.312. The van der Waals surface area contributed by atoms with Gasteiger partial charge in [0.1, 0.15) is 5.00 Å². The molecule has 0 saturated heterocycles. The van der Waals surface area contributed by atoms with E-state index < -0.39 is 24.4 Å². The largest absolute Gasteiger partial charge is 0.452 e. The second kappa shape index (κ2) is 7.31. The van der Waals surface area contributed by atoms with Gasteiger partial charge in [-0.25, -0.2) is 4.79 Å². The van der Waals surface area contributed by atoms with Crippen LogP contribution < -0.4 is 11.1 Å². The number of ether oxygens (including phenoxy) is 1. The van der Waals surface area contributed by atoms with E-state index in [2.05, 4.69) is 5.32 Å². The van der Waals surface area contributed by atoms with Gasteiger partial charge < -0.3 is 20.4 Å². The van der Waals surface area contributed by atoms with Gasteiger partial charge in [-0.05, 0) is 38.3 Å². The van der Waals surface area contributed by atoms with Gasteiger partial charge in [-0.1, -0.05) is 0 Å². The molecule has 0 bridgehead atoms. The number of thiophene rings is 1. The van der Waals surface area contributed by atoms with Crippen LogP contribution in [0.3, 0.4) is 0 Å². The van der Waals surface area contributed by atoms with Gasteiger partial charge in [-0.2, -0.15) is 0 Å². The molecule has 128 valence electrons. The zero-order valence-corrected chi connectivity index (χ0v) is 14.5. The third-order valence-corrected chi connectivity index (χ3v) is 4.46. The lowest BCUT2D eigenvalue weighted by Gasteiger charge is -2.07. The highest BCUT2D eigenvalue weighted by Gasteiger charge is 2.18. The van der Waals surface area contributed by atoms with E-state index >= 15 is 0 Å². The van der Waals surface area contributed by atoms with Crippen LogP contribution in [0.1, 0.15) is 39.0 Å². The maximum Gasteiger partial charge on any atom is 0.340 e. The van der Waals surface area contributed by atoms with Crippen LogP contribution in [0.5, 0.6) is 0 Å². The standard InChI is InChI=1S/C16H19N3O4S/c1-4-19-9(2)7-12(10(19)3)16(22)23-8-13(20)18-15-11(14(17)21)5-6-24-15/h5-7H,4,8H2,1-3H3,(H2,17,21)(H,18,20). The summed E-state index contributed by atoms with van der Waals surface area (Å²) in [6.45, 7) is 6.03. The van der Waals surface area contributed by atoms with Crippen LogP contribution >= 0.6 is 11.3 Å². The van der Waals surface area contributed by atoms with E-state index in [9.17, 15) is 14.4 Å². The molecule has 2 amide bonds. The molecule has 24 heavy (non-hydrogen) atoms. The van der Waals surface area contributed by atoms with E-state index in [1.54, 1.807) is 11.4 Å². The Labute approximate surface area is 143 Å². The molecule has 2 heterocycles. The van der Waals surface area contributed by atoms with Crippen molar-refractivity contribution in [3.8, 4) is 0 Å². The van der Waals surface area contributed by atoms with Gasteiger partial charge in [0.2, 0.25) is 0 Å². The number of aromatic nitrogens is 1. The highest BCUT2D eigenvalue weighted by atomic mass is 32.1. The number of amides is 2. The molecule has 0 radical (unpaired) electrons. The quantitative estimate of drug-likeness (QED) is 0.779. The average Bonchev–Trinajstić information content (AvgIpc) is 3.09. The molecular weight excluding hydrogens is 330 g/mol. The summed E-state index contributed by atoms with van der Waals surface area (Å²) < 4.78 is 7.04. The second-order valence-corrected chi connectivity index (χ2v) is 6.10. The minimum absolute atomic E-state index is 0.228. The monoisotopic (exact) mass is 349 g/mol. The predicted molar refractivity (Wildman–Crippen MR) is 91.3 cm³/mol. The van der Waals surface area contributed by atoms with Crippen LogP contribution in [-0.4, -0.2) is 29.0 Å². The van der Waals surface area contributed by atoms with Gasteiger partial charge in [0.15, 0.2) is 6.61 Å². The van der Waals surface area contributed by atoms with Gasteiger partial charge >= 0.3 is 5.97 Å². The number of rotatable bonds is 6. The van der Waals surface area contributed by atoms with E-state index in [0.717, 1.165) is 17.9 Å². The zero-order valence-electron chi connectivity index (χ0n) is 13.7. The first-order valence-corrected chi connectivity index (χ1v) is 8.24. The molecule has 3 N–H and O–H groups in total. The number of nitrogens with two attached hydrogens (primary N) is 1. The minimum Gasteiger partial charge on any atom is -0.452 e. The molecule has 8 heteroatoms. The first-order chi connectivity index (χ1) is 11.3.